The number of nitrogens with one attached hydrogen (secondary N) is 1. The first kappa shape index (κ1) is 22.6. The minimum Gasteiger partial charge on any atom is -0.378 e. The van der Waals surface area contributed by atoms with E-state index in [0.717, 1.165) is 24.3 Å². The number of morpholine rings is 1. The maximum Gasteiger partial charge on any atom is 0.262 e. The normalized spacial score (nSPS) is 13.8. The number of thioether (sulfide) groups is 1. The summed E-state index contributed by atoms with van der Waals surface area (Å²) in [4.78, 5) is 37.1. The molecule has 4 aromatic rings. The summed E-state index contributed by atoms with van der Waals surface area (Å²) in [6.07, 6.45) is 1.64. The molecule has 1 saturated heterocycles. The number of benzene rings is 2. The molecule has 0 radical (unpaired) electrons. The standard InChI is InChI=1S/C24H23N5O3S2/c30-21(27-23-25-8-13-33-23)16-34-24-26-20-7-6-18(28-9-11-32-12-10-28)14-19(20)22(31)29(24)15-17-4-2-1-3-5-17/h1-8,13-14H,9-12,15-16H2,(H,25,27,30). The lowest BCUT2D eigenvalue weighted by molar-refractivity contribution is -0.113. The zero-order valence-corrected chi connectivity index (χ0v) is 20.0. The van der Waals surface area contributed by atoms with E-state index in [2.05, 4.69) is 15.2 Å². The van der Waals surface area contributed by atoms with Crippen LogP contribution in [0.1, 0.15) is 5.56 Å². The number of aromatic nitrogens is 3. The molecule has 0 atom stereocenters. The molecule has 3 heterocycles. The summed E-state index contributed by atoms with van der Waals surface area (Å²) in [5, 5.41) is 6.20. The van der Waals surface area contributed by atoms with Crippen LogP contribution in [0.3, 0.4) is 0 Å². The summed E-state index contributed by atoms with van der Waals surface area (Å²) in [6, 6.07) is 15.6. The van der Waals surface area contributed by atoms with Crippen LogP contribution in [0.4, 0.5) is 10.8 Å². The summed E-state index contributed by atoms with van der Waals surface area (Å²) in [7, 11) is 0. The molecule has 174 valence electrons. The first-order valence-electron chi connectivity index (χ1n) is 10.9. The fourth-order valence-corrected chi connectivity index (χ4v) is 5.14. The molecule has 0 aliphatic carbocycles. The Balaban J connectivity index is 1.48. The van der Waals surface area contributed by atoms with Crippen molar-refractivity contribution in [2.45, 2.75) is 11.7 Å². The second-order valence-electron chi connectivity index (χ2n) is 7.75. The van der Waals surface area contributed by atoms with Gasteiger partial charge in [-0.3, -0.25) is 14.2 Å². The number of amides is 1. The molecule has 8 nitrogen and oxygen atoms in total. The van der Waals surface area contributed by atoms with Crippen LogP contribution in [-0.2, 0) is 16.1 Å². The van der Waals surface area contributed by atoms with Gasteiger partial charge >= 0.3 is 0 Å². The van der Waals surface area contributed by atoms with Gasteiger partial charge < -0.3 is 15.0 Å². The van der Waals surface area contributed by atoms with Crippen LogP contribution in [0.25, 0.3) is 10.9 Å². The third-order valence-corrected chi connectivity index (χ3v) is 7.14. The highest BCUT2D eigenvalue weighted by atomic mass is 32.2. The van der Waals surface area contributed by atoms with Gasteiger partial charge in [-0.25, -0.2) is 9.97 Å². The van der Waals surface area contributed by atoms with Crippen LogP contribution in [0, 0.1) is 0 Å². The van der Waals surface area contributed by atoms with Gasteiger partial charge in [-0.05, 0) is 23.8 Å². The SMILES string of the molecule is O=C(CSc1nc2ccc(N3CCOCC3)cc2c(=O)n1Cc1ccccc1)Nc1nccs1. The Morgan fingerprint density at radius 3 is 2.74 bits per heavy atom. The van der Waals surface area contributed by atoms with Crippen molar-refractivity contribution in [3.63, 3.8) is 0 Å². The van der Waals surface area contributed by atoms with Crippen LogP contribution >= 0.6 is 23.1 Å². The van der Waals surface area contributed by atoms with Crippen LogP contribution in [-0.4, -0.2) is 52.5 Å². The molecule has 0 unspecified atom stereocenters. The molecule has 5 rings (SSSR count). The van der Waals surface area contributed by atoms with Gasteiger partial charge in [0.05, 0.1) is 36.4 Å². The quantitative estimate of drug-likeness (QED) is 0.311. The molecule has 1 fully saturated rings. The summed E-state index contributed by atoms with van der Waals surface area (Å²) < 4.78 is 7.11. The number of ether oxygens (including phenoxy) is 1. The predicted molar refractivity (Wildman–Crippen MR) is 136 cm³/mol. The fourth-order valence-electron chi connectivity index (χ4n) is 3.79. The van der Waals surface area contributed by atoms with E-state index in [-0.39, 0.29) is 17.2 Å². The average molecular weight is 494 g/mol. The van der Waals surface area contributed by atoms with Gasteiger partial charge in [-0.1, -0.05) is 42.1 Å². The van der Waals surface area contributed by atoms with Gasteiger partial charge in [0, 0.05) is 30.4 Å². The lowest BCUT2D eigenvalue weighted by Crippen LogP contribution is -2.36. The van der Waals surface area contributed by atoms with E-state index in [9.17, 15) is 9.59 Å². The number of carbonyl (C=O) groups excluding carboxylic acids is 1. The first-order chi connectivity index (χ1) is 16.7. The van der Waals surface area contributed by atoms with Gasteiger partial charge in [-0.15, -0.1) is 11.3 Å². The van der Waals surface area contributed by atoms with Crippen molar-refractivity contribution in [3.8, 4) is 0 Å². The number of fused-ring (bicyclic) bond motifs is 1. The van der Waals surface area contributed by atoms with E-state index in [0.29, 0.717) is 40.9 Å². The van der Waals surface area contributed by atoms with Gasteiger partial charge in [0.1, 0.15) is 0 Å². The number of hydrogen-bond acceptors (Lipinski definition) is 8. The number of carbonyl (C=O) groups is 1. The van der Waals surface area contributed by atoms with E-state index in [1.54, 1.807) is 16.1 Å². The lowest BCUT2D eigenvalue weighted by atomic mass is 10.2. The smallest absolute Gasteiger partial charge is 0.262 e. The molecule has 10 heteroatoms. The summed E-state index contributed by atoms with van der Waals surface area (Å²) in [6.45, 7) is 3.31. The highest BCUT2D eigenvalue weighted by Crippen LogP contribution is 2.24. The summed E-state index contributed by atoms with van der Waals surface area (Å²) >= 11 is 2.61. The Bertz CT molecular complexity index is 1340. The van der Waals surface area contributed by atoms with E-state index >= 15 is 0 Å². The van der Waals surface area contributed by atoms with Crippen LogP contribution in [0.2, 0.25) is 0 Å². The second-order valence-corrected chi connectivity index (χ2v) is 9.58. The predicted octanol–water partition coefficient (Wildman–Crippen LogP) is 3.47. The Kier molecular flexibility index (Phi) is 6.89. The molecular weight excluding hydrogens is 470 g/mol. The fraction of sp³-hybridized carbons (Fsp3) is 0.250. The topological polar surface area (TPSA) is 89.4 Å². The van der Waals surface area contributed by atoms with Crippen molar-refractivity contribution in [1.29, 1.82) is 0 Å². The van der Waals surface area contributed by atoms with E-state index in [1.165, 1.54) is 23.1 Å². The van der Waals surface area contributed by atoms with Crippen LogP contribution in [0.15, 0.2) is 70.1 Å². The average Bonchev–Trinajstić information content (AvgIpc) is 3.39. The molecule has 2 aromatic carbocycles. The van der Waals surface area contributed by atoms with Crippen molar-refractivity contribution >= 4 is 50.7 Å². The highest BCUT2D eigenvalue weighted by Gasteiger charge is 2.17. The van der Waals surface area contributed by atoms with Crippen LogP contribution < -0.4 is 15.8 Å². The van der Waals surface area contributed by atoms with Gasteiger partial charge in [0.15, 0.2) is 10.3 Å². The van der Waals surface area contributed by atoms with Crippen molar-refractivity contribution in [3.05, 3.63) is 76.0 Å². The Morgan fingerprint density at radius 2 is 1.97 bits per heavy atom. The molecule has 0 bridgehead atoms. The maximum absolute atomic E-state index is 13.6. The van der Waals surface area contributed by atoms with Crippen LogP contribution in [0.5, 0.6) is 0 Å². The Labute approximate surface area is 204 Å². The number of nitrogens with zero attached hydrogens (tertiary/aromatic N) is 4. The zero-order valence-electron chi connectivity index (χ0n) is 18.3. The molecular formula is C24H23N5O3S2. The zero-order chi connectivity index (χ0) is 23.3. The third-order valence-electron chi connectivity index (χ3n) is 5.47. The van der Waals surface area contributed by atoms with Crippen molar-refractivity contribution in [2.24, 2.45) is 0 Å². The molecule has 1 aliphatic heterocycles. The summed E-state index contributed by atoms with van der Waals surface area (Å²) in [5.41, 5.74) is 2.48. The Hall–Kier alpha value is -3.21. The van der Waals surface area contributed by atoms with Gasteiger partial charge in [0.2, 0.25) is 5.91 Å². The maximum atomic E-state index is 13.6. The Morgan fingerprint density at radius 1 is 1.15 bits per heavy atom. The number of thiazole rings is 1. The van der Waals surface area contributed by atoms with Crippen molar-refractivity contribution in [1.82, 2.24) is 14.5 Å². The molecule has 34 heavy (non-hydrogen) atoms. The lowest BCUT2D eigenvalue weighted by Gasteiger charge is -2.29. The van der Waals surface area contributed by atoms with E-state index in [4.69, 9.17) is 9.72 Å². The molecule has 1 aliphatic rings. The van der Waals surface area contributed by atoms with E-state index < -0.39 is 0 Å². The van der Waals surface area contributed by atoms with Crippen molar-refractivity contribution in [2.75, 3.05) is 42.3 Å². The number of hydrogen-bond donors (Lipinski definition) is 1. The second kappa shape index (κ2) is 10.4. The molecule has 0 spiro atoms. The molecule has 2 aromatic heterocycles. The third kappa shape index (κ3) is 5.14. The largest absolute Gasteiger partial charge is 0.378 e. The number of rotatable bonds is 7. The van der Waals surface area contributed by atoms with Gasteiger partial charge in [0.25, 0.3) is 5.56 Å². The molecule has 1 amide bonds. The summed E-state index contributed by atoms with van der Waals surface area (Å²) in [5.74, 6) is -0.0683. The highest BCUT2D eigenvalue weighted by molar-refractivity contribution is 7.99. The van der Waals surface area contributed by atoms with E-state index in [1.807, 2.05) is 48.5 Å². The van der Waals surface area contributed by atoms with Crippen molar-refractivity contribution < 1.29 is 9.53 Å². The minimum absolute atomic E-state index is 0.119. The monoisotopic (exact) mass is 493 g/mol. The van der Waals surface area contributed by atoms with Gasteiger partial charge in [-0.2, -0.15) is 0 Å². The number of anilines is 2. The molecule has 0 saturated carbocycles. The molecule has 1 N–H and O–H groups in total. The first-order valence-corrected chi connectivity index (χ1v) is 12.8. The minimum atomic E-state index is -0.191.